The highest BCUT2D eigenvalue weighted by Gasteiger charge is 2.16. The van der Waals surface area contributed by atoms with Crippen LogP contribution in [0.1, 0.15) is 19.8 Å². The Hall–Kier alpha value is -1.43. The molecule has 0 aliphatic carbocycles. The van der Waals surface area contributed by atoms with Crippen molar-refractivity contribution < 1.29 is 19.5 Å². The number of amides is 1. The molecule has 0 fully saturated rings. The molecule has 0 rings (SSSR count). The van der Waals surface area contributed by atoms with Crippen molar-refractivity contribution in [2.45, 2.75) is 31.8 Å². The first-order chi connectivity index (χ1) is 6.47. The summed E-state index contributed by atoms with van der Waals surface area (Å²) in [6.07, 6.45) is 1.44. The summed E-state index contributed by atoms with van der Waals surface area (Å²) in [5.41, 5.74) is 5.36. The molecule has 0 aromatic heterocycles. The molecule has 0 unspecified atom stereocenters. The normalized spacial score (nSPS) is 14.1. The van der Waals surface area contributed by atoms with Gasteiger partial charge in [0, 0.05) is 6.42 Å². The van der Waals surface area contributed by atoms with Gasteiger partial charge in [0.05, 0.1) is 12.1 Å². The molecule has 14 heavy (non-hydrogen) atoms. The summed E-state index contributed by atoms with van der Waals surface area (Å²) in [4.78, 5) is 31.3. The average molecular weight is 201 g/mol. The van der Waals surface area contributed by atoms with E-state index in [0.29, 0.717) is 0 Å². The van der Waals surface area contributed by atoms with E-state index in [9.17, 15) is 14.4 Å². The molecule has 0 aliphatic rings. The first-order valence-corrected chi connectivity index (χ1v) is 4.12. The van der Waals surface area contributed by atoms with E-state index < -0.39 is 24.0 Å². The highest BCUT2D eigenvalue weighted by Crippen LogP contribution is 1.95. The van der Waals surface area contributed by atoms with Gasteiger partial charge in [-0.05, 0) is 13.3 Å². The molecule has 0 aromatic carbocycles. The fourth-order valence-corrected chi connectivity index (χ4v) is 0.760. The Labute approximate surface area is 81.5 Å². The Morgan fingerprint density at radius 3 is 2.57 bits per heavy atom. The van der Waals surface area contributed by atoms with E-state index in [2.05, 4.69) is 5.32 Å². The van der Waals surface area contributed by atoms with Crippen molar-refractivity contribution in [1.82, 2.24) is 5.32 Å². The lowest BCUT2D eigenvalue weighted by Crippen LogP contribution is -2.45. The van der Waals surface area contributed by atoms with Gasteiger partial charge in [-0.1, -0.05) is 0 Å². The van der Waals surface area contributed by atoms with Crippen LogP contribution in [-0.2, 0) is 14.4 Å². The van der Waals surface area contributed by atoms with Crippen LogP contribution in [0.25, 0.3) is 0 Å². The van der Waals surface area contributed by atoms with Gasteiger partial charge in [-0.2, -0.15) is 0 Å². The van der Waals surface area contributed by atoms with Crippen molar-refractivity contribution in [1.29, 1.82) is 0 Å². The molecule has 0 saturated carbocycles. The maximum Gasteiger partial charge on any atom is 0.303 e. The Balaban J connectivity index is 3.87. The van der Waals surface area contributed by atoms with Crippen molar-refractivity contribution in [3.05, 3.63) is 0 Å². The van der Waals surface area contributed by atoms with Crippen LogP contribution in [0, 0.1) is 0 Å². The third kappa shape index (κ3) is 5.26. The van der Waals surface area contributed by atoms with Crippen molar-refractivity contribution in [2.24, 2.45) is 5.73 Å². The minimum atomic E-state index is -1.01. The number of nitrogens with two attached hydrogens (primary N) is 1. The summed E-state index contributed by atoms with van der Waals surface area (Å²) in [5, 5.41) is 10.6. The molecule has 0 heterocycles. The van der Waals surface area contributed by atoms with E-state index in [1.165, 1.54) is 6.92 Å². The number of aliphatic carboxylic acids is 1. The fourth-order valence-electron chi connectivity index (χ4n) is 0.760. The molecule has 1 radical (unpaired) electrons. The average Bonchev–Trinajstić information content (AvgIpc) is 2.13. The smallest absolute Gasteiger partial charge is 0.303 e. The molecule has 79 valence electrons. The number of nitrogens with one attached hydrogen (secondary N) is 1. The van der Waals surface area contributed by atoms with Crippen LogP contribution in [0.3, 0.4) is 0 Å². The molecule has 0 aromatic rings. The van der Waals surface area contributed by atoms with Crippen molar-refractivity contribution in [3.8, 4) is 0 Å². The van der Waals surface area contributed by atoms with Crippen molar-refractivity contribution >= 4 is 18.2 Å². The van der Waals surface area contributed by atoms with E-state index in [1.807, 2.05) is 0 Å². The van der Waals surface area contributed by atoms with Gasteiger partial charge in [0.25, 0.3) is 0 Å². The zero-order valence-corrected chi connectivity index (χ0v) is 7.82. The maximum atomic E-state index is 11.1. The highest BCUT2D eigenvalue weighted by molar-refractivity contribution is 5.84. The summed E-state index contributed by atoms with van der Waals surface area (Å²) >= 11 is 0. The van der Waals surface area contributed by atoms with Crippen LogP contribution < -0.4 is 11.1 Å². The third-order valence-electron chi connectivity index (χ3n) is 1.54. The SMILES string of the molecule is C[C@@H]([C]=O)NC(=O)[C@@H](N)CCC(=O)O. The van der Waals surface area contributed by atoms with Gasteiger partial charge in [0.1, 0.15) is 0 Å². The number of carbonyl (C=O) groups excluding carboxylic acids is 2. The van der Waals surface area contributed by atoms with E-state index in [-0.39, 0.29) is 12.8 Å². The van der Waals surface area contributed by atoms with Crippen LogP contribution >= 0.6 is 0 Å². The number of hydrogen-bond donors (Lipinski definition) is 3. The molecule has 6 nitrogen and oxygen atoms in total. The molecule has 0 aliphatic heterocycles. The Kier molecular flexibility index (Phi) is 5.47. The van der Waals surface area contributed by atoms with Gasteiger partial charge in [-0.3, -0.25) is 14.4 Å². The highest BCUT2D eigenvalue weighted by atomic mass is 16.4. The van der Waals surface area contributed by atoms with Gasteiger partial charge >= 0.3 is 5.97 Å². The van der Waals surface area contributed by atoms with E-state index >= 15 is 0 Å². The van der Waals surface area contributed by atoms with Crippen LogP contribution in [-0.4, -0.2) is 35.4 Å². The van der Waals surface area contributed by atoms with Gasteiger partial charge in [-0.15, -0.1) is 0 Å². The van der Waals surface area contributed by atoms with Crippen LogP contribution in [0.4, 0.5) is 0 Å². The summed E-state index contributed by atoms with van der Waals surface area (Å²) in [6, 6.07) is -1.62. The van der Waals surface area contributed by atoms with Crippen LogP contribution in [0.15, 0.2) is 0 Å². The first-order valence-electron chi connectivity index (χ1n) is 4.12. The topological polar surface area (TPSA) is 109 Å². The number of carboxylic acid groups (broad SMARTS) is 1. The largest absolute Gasteiger partial charge is 0.481 e. The van der Waals surface area contributed by atoms with Crippen LogP contribution in [0.2, 0.25) is 0 Å². The number of hydrogen-bond acceptors (Lipinski definition) is 4. The lowest BCUT2D eigenvalue weighted by atomic mass is 10.1. The molecular formula is C8H13N2O4. The third-order valence-corrected chi connectivity index (χ3v) is 1.54. The van der Waals surface area contributed by atoms with E-state index in [4.69, 9.17) is 10.8 Å². The molecule has 0 bridgehead atoms. The van der Waals surface area contributed by atoms with Gasteiger partial charge in [-0.25, -0.2) is 0 Å². The Morgan fingerprint density at radius 2 is 2.14 bits per heavy atom. The molecule has 0 saturated heterocycles. The molecule has 2 atom stereocenters. The predicted octanol–water partition coefficient (Wildman–Crippen LogP) is -1.21. The lowest BCUT2D eigenvalue weighted by molar-refractivity contribution is -0.137. The Morgan fingerprint density at radius 1 is 1.57 bits per heavy atom. The second kappa shape index (κ2) is 6.09. The second-order valence-electron chi connectivity index (χ2n) is 2.89. The molecular weight excluding hydrogens is 188 g/mol. The lowest BCUT2D eigenvalue weighted by Gasteiger charge is -2.12. The maximum absolute atomic E-state index is 11.1. The van der Waals surface area contributed by atoms with Gasteiger partial charge in [0.2, 0.25) is 12.2 Å². The Bertz CT molecular complexity index is 229. The summed E-state index contributed by atoms with van der Waals surface area (Å²) in [5.74, 6) is -1.55. The predicted molar refractivity (Wildman–Crippen MR) is 48.1 cm³/mol. The molecule has 4 N–H and O–H groups in total. The van der Waals surface area contributed by atoms with Crippen molar-refractivity contribution in [2.75, 3.05) is 0 Å². The summed E-state index contributed by atoms with van der Waals surface area (Å²) in [7, 11) is 0. The monoisotopic (exact) mass is 201 g/mol. The molecule has 6 heteroatoms. The van der Waals surface area contributed by atoms with E-state index in [0.717, 1.165) is 0 Å². The zero-order chi connectivity index (χ0) is 11.1. The van der Waals surface area contributed by atoms with Crippen molar-refractivity contribution in [3.63, 3.8) is 0 Å². The first kappa shape index (κ1) is 12.6. The quantitative estimate of drug-likeness (QED) is 0.499. The minimum absolute atomic E-state index is 0.0484. The zero-order valence-electron chi connectivity index (χ0n) is 7.82. The molecule has 0 spiro atoms. The molecule has 1 amide bonds. The number of carbonyl (C=O) groups is 2. The number of carboxylic acids is 1. The number of rotatable bonds is 6. The fraction of sp³-hybridized carbons (Fsp3) is 0.625. The van der Waals surface area contributed by atoms with Crippen LogP contribution in [0.5, 0.6) is 0 Å². The second-order valence-corrected chi connectivity index (χ2v) is 2.89. The standard InChI is InChI=1S/C8H13N2O4/c1-5(4-11)10-8(14)6(9)2-3-7(12)13/h5-6H,2-3,9H2,1H3,(H,10,14)(H,12,13)/t5-,6-/m0/s1. The van der Waals surface area contributed by atoms with E-state index in [1.54, 1.807) is 6.29 Å². The summed E-state index contributed by atoms with van der Waals surface area (Å²) in [6.45, 7) is 1.45. The van der Waals surface area contributed by atoms with Gasteiger partial charge < -0.3 is 16.2 Å². The summed E-state index contributed by atoms with van der Waals surface area (Å²) < 4.78 is 0. The minimum Gasteiger partial charge on any atom is -0.481 e. The van der Waals surface area contributed by atoms with Gasteiger partial charge in [0.15, 0.2) is 0 Å².